The van der Waals surface area contributed by atoms with Crippen molar-refractivity contribution in [2.24, 2.45) is 0 Å². The first-order valence-corrected chi connectivity index (χ1v) is 9.23. The van der Waals surface area contributed by atoms with Crippen molar-refractivity contribution in [3.63, 3.8) is 0 Å². The lowest BCUT2D eigenvalue weighted by atomic mass is 10.1. The van der Waals surface area contributed by atoms with Crippen molar-refractivity contribution < 1.29 is 37.4 Å². The summed E-state index contributed by atoms with van der Waals surface area (Å²) in [5.74, 6) is -1.37. The Bertz CT molecular complexity index is 593. The quantitative estimate of drug-likeness (QED) is 0.374. The number of carboxylic acid groups (broad SMARTS) is 1. The molecule has 0 unspecified atom stereocenters. The predicted octanol–water partition coefficient (Wildman–Crippen LogP) is 0.330. The molecule has 1 heterocycles. The van der Waals surface area contributed by atoms with Gasteiger partial charge in [0.1, 0.15) is 18.2 Å². The van der Waals surface area contributed by atoms with E-state index in [-0.39, 0.29) is 26.1 Å². The number of hydrogen-bond donors (Lipinski definition) is 3. The lowest BCUT2D eigenvalue weighted by Crippen LogP contribution is -2.51. The van der Waals surface area contributed by atoms with Gasteiger partial charge in [-0.05, 0) is 40.0 Å². The minimum absolute atomic E-state index is 0.00927. The minimum atomic E-state index is -3.34. The highest BCUT2D eigenvalue weighted by Crippen LogP contribution is 2.17. The molecule has 0 bridgehead atoms. The van der Waals surface area contributed by atoms with Gasteiger partial charge in [0.05, 0.1) is 6.54 Å². The van der Waals surface area contributed by atoms with Crippen LogP contribution in [0.1, 0.15) is 40.0 Å². The van der Waals surface area contributed by atoms with Crippen LogP contribution in [0.2, 0.25) is 0 Å². The topological polar surface area (TPSA) is 143 Å². The SMILES string of the molecule is CC(C)(C)OC(=O)NCCCC[C@@H](C(=O)O)N(N1CCOC1=O)[SH](=O)=O. The van der Waals surface area contributed by atoms with Crippen LogP contribution in [-0.4, -0.2) is 72.4 Å². The molecule has 0 aromatic carbocycles. The van der Waals surface area contributed by atoms with Crippen molar-refractivity contribution in [2.75, 3.05) is 19.7 Å². The number of unbranched alkanes of at least 4 members (excludes halogenated alkanes) is 1. The molecular weight excluding hydrogens is 370 g/mol. The summed E-state index contributed by atoms with van der Waals surface area (Å²) in [5, 5.41) is 12.6. The number of thiol groups is 1. The first-order valence-electron chi connectivity index (χ1n) is 8.10. The van der Waals surface area contributed by atoms with Gasteiger partial charge in [0, 0.05) is 6.54 Å². The van der Waals surface area contributed by atoms with E-state index in [1.807, 2.05) is 0 Å². The largest absolute Gasteiger partial charge is 0.480 e. The summed E-state index contributed by atoms with van der Waals surface area (Å²) in [6.45, 7) is 5.39. The number of aliphatic carboxylic acids is 1. The van der Waals surface area contributed by atoms with E-state index in [2.05, 4.69) is 10.1 Å². The number of nitrogens with zero attached hydrogens (tertiary/aromatic N) is 2. The van der Waals surface area contributed by atoms with Crippen molar-refractivity contribution in [3.8, 4) is 0 Å². The van der Waals surface area contributed by atoms with Crippen LogP contribution in [0.15, 0.2) is 0 Å². The molecule has 12 heteroatoms. The highest BCUT2D eigenvalue weighted by atomic mass is 32.2. The average molecular weight is 395 g/mol. The lowest BCUT2D eigenvalue weighted by Gasteiger charge is -2.28. The monoisotopic (exact) mass is 395 g/mol. The number of ether oxygens (including phenoxy) is 2. The van der Waals surface area contributed by atoms with Gasteiger partial charge in [-0.3, -0.25) is 4.79 Å². The summed E-state index contributed by atoms with van der Waals surface area (Å²) < 4.78 is 33.2. The molecule has 0 aromatic rings. The van der Waals surface area contributed by atoms with E-state index in [0.717, 1.165) is 5.01 Å². The first-order chi connectivity index (χ1) is 12.0. The second-order valence-electron chi connectivity index (χ2n) is 6.57. The smallest absolute Gasteiger partial charge is 0.425 e. The number of carbonyl (C=O) groups is 3. The summed E-state index contributed by atoms with van der Waals surface area (Å²) in [5.41, 5.74) is -0.622. The molecule has 0 saturated carbocycles. The van der Waals surface area contributed by atoms with E-state index in [1.165, 1.54) is 0 Å². The molecule has 0 aromatic heterocycles. The van der Waals surface area contributed by atoms with Crippen LogP contribution in [0, 0.1) is 0 Å². The van der Waals surface area contributed by atoms with Crippen LogP contribution < -0.4 is 5.32 Å². The van der Waals surface area contributed by atoms with Gasteiger partial charge in [-0.25, -0.2) is 23.0 Å². The van der Waals surface area contributed by atoms with Gasteiger partial charge in [0.25, 0.3) is 0 Å². The van der Waals surface area contributed by atoms with Gasteiger partial charge >= 0.3 is 18.2 Å². The van der Waals surface area contributed by atoms with Gasteiger partial charge in [0.15, 0.2) is 0 Å². The van der Waals surface area contributed by atoms with E-state index in [0.29, 0.717) is 17.3 Å². The third-order valence-corrected chi connectivity index (χ3v) is 4.12. The second-order valence-corrected chi connectivity index (χ2v) is 7.46. The van der Waals surface area contributed by atoms with E-state index < -0.39 is 40.7 Å². The number of cyclic esters (lactones) is 1. The van der Waals surface area contributed by atoms with Gasteiger partial charge in [-0.15, -0.1) is 0 Å². The summed E-state index contributed by atoms with van der Waals surface area (Å²) in [6.07, 6.45) is -0.788. The first kappa shape index (κ1) is 22.0. The molecule has 0 aliphatic carbocycles. The number of rotatable bonds is 9. The number of hydrogen-bond acceptors (Lipinski definition) is 7. The van der Waals surface area contributed by atoms with E-state index in [9.17, 15) is 27.9 Å². The van der Waals surface area contributed by atoms with Crippen molar-refractivity contribution in [1.82, 2.24) is 14.7 Å². The van der Waals surface area contributed by atoms with Crippen molar-refractivity contribution in [2.45, 2.75) is 51.7 Å². The zero-order chi connectivity index (χ0) is 19.9. The molecule has 26 heavy (non-hydrogen) atoms. The fourth-order valence-electron chi connectivity index (χ4n) is 2.25. The van der Waals surface area contributed by atoms with Crippen LogP contribution in [0.3, 0.4) is 0 Å². The Morgan fingerprint density at radius 1 is 1.38 bits per heavy atom. The molecule has 1 saturated heterocycles. The number of carboxylic acids is 1. The zero-order valence-corrected chi connectivity index (χ0v) is 15.9. The average Bonchev–Trinajstić information content (AvgIpc) is 2.89. The third kappa shape index (κ3) is 7.04. The Kier molecular flexibility index (Phi) is 8.08. The van der Waals surface area contributed by atoms with Crippen LogP contribution in [0.4, 0.5) is 9.59 Å². The van der Waals surface area contributed by atoms with Gasteiger partial charge < -0.3 is 19.9 Å². The normalized spacial score (nSPS) is 15.9. The molecule has 1 atom stereocenters. The van der Waals surface area contributed by atoms with E-state index in [4.69, 9.17) is 4.74 Å². The van der Waals surface area contributed by atoms with Crippen LogP contribution in [0.5, 0.6) is 0 Å². The number of alkyl carbamates (subject to hydrolysis) is 1. The molecule has 1 aliphatic heterocycles. The summed E-state index contributed by atoms with van der Waals surface area (Å²) in [7, 11) is -3.34. The molecule has 2 N–H and O–H groups in total. The van der Waals surface area contributed by atoms with Crippen molar-refractivity contribution >= 4 is 29.0 Å². The van der Waals surface area contributed by atoms with Gasteiger partial charge in [0.2, 0.25) is 10.9 Å². The highest BCUT2D eigenvalue weighted by molar-refractivity contribution is 7.69. The molecule has 0 spiro atoms. The highest BCUT2D eigenvalue weighted by Gasteiger charge is 2.38. The molecule has 1 rings (SSSR count). The standard InChI is InChI=1S/C14H25N3O8S/c1-14(2,3)25-12(20)15-7-5-4-6-10(11(18)19)17(26(22)23)16-8-9-24-13(16)21/h10,26H,4-9H2,1-3H3,(H,15,20)(H,18,19)/t10-/m0/s1. The maximum Gasteiger partial charge on any atom is 0.425 e. The fraction of sp³-hybridized carbons (Fsp3) is 0.786. The third-order valence-electron chi connectivity index (χ3n) is 3.29. The summed E-state index contributed by atoms with van der Waals surface area (Å²) in [4.78, 5) is 34.5. The number of carbonyl (C=O) groups excluding carboxylic acids is 2. The maximum atomic E-state index is 11.6. The van der Waals surface area contributed by atoms with Gasteiger partial charge in [-0.1, -0.05) is 4.41 Å². The molecule has 1 fully saturated rings. The Balaban J connectivity index is 2.53. The van der Waals surface area contributed by atoms with Crippen molar-refractivity contribution in [3.05, 3.63) is 0 Å². The predicted molar refractivity (Wildman–Crippen MR) is 89.7 cm³/mol. The lowest BCUT2D eigenvalue weighted by molar-refractivity contribution is -0.144. The fourth-order valence-corrected chi connectivity index (χ4v) is 3.03. The van der Waals surface area contributed by atoms with E-state index in [1.54, 1.807) is 20.8 Å². The Hall–Kier alpha value is -2.08. The minimum Gasteiger partial charge on any atom is -0.480 e. The maximum absolute atomic E-state index is 11.6. The second kappa shape index (κ2) is 9.57. The van der Waals surface area contributed by atoms with Crippen LogP contribution in [-0.2, 0) is 25.2 Å². The molecule has 1 aliphatic rings. The molecule has 150 valence electrons. The van der Waals surface area contributed by atoms with Crippen LogP contribution >= 0.6 is 0 Å². The molecule has 11 nitrogen and oxygen atoms in total. The summed E-state index contributed by atoms with van der Waals surface area (Å²) in [6, 6.07) is -1.43. The molecular formula is C14H25N3O8S. The van der Waals surface area contributed by atoms with Gasteiger partial charge in [-0.2, -0.15) is 0 Å². The van der Waals surface area contributed by atoms with Crippen molar-refractivity contribution in [1.29, 1.82) is 0 Å². The number of amides is 2. The Morgan fingerprint density at radius 2 is 2.04 bits per heavy atom. The van der Waals surface area contributed by atoms with E-state index >= 15 is 0 Å². The number of nitrogens with one attached hydrogen (secondary N) is 1. The molecule has 0 radical (unpaired) electrons. The number of hydrazine groups is 1. The zero-order valence-electron chi connectivity index (χ0n) is 15.0. The Morgan fingerprint density at radius 3 is 2.50 bits per heavy atom. The molecule has 2 amide bonds. The summed E-state index contributed by atoms with van der Waals surface area (Å²) >= 11 is 0. The Labute approximate surface area is 153 Å². The van der Waals surface area contributed by atoms with Crippen LogP contribution in [0.25, 0.3) is 0 Å².